The van der Waals surface area contributed by atoms with Crippen LogP contribution in [0, 0.1) is 0 Å². The molecule has 0 aliphatic carbocycles. The number of esters is 1. The Morgan fingerprint density at radius 1 is 1.40 bits per heavy atom. The van der Waals surface area contributed by atoms with E-state index in [1.54, 1.807) is 0 Å². The van der Waals surface area contributed by atoms with Crippen molar-refractivity contribution in [3.05, 3.63) is 42.0 Å². The average molecular weight is 205 g/mol. The van der Waals surface area contributed by atoms with Crippen LogP contribution in [-0.4, -0.2) is 12.6 Å². The molecule has 0 aromatic heterocycles. The van der Waals surface area contributed by atoms with Gasteiger partial charge in [-0.2, -0.15) is 0 Å². The summed E-state index contributed by atoms with van der Waals surface area (Å²) in [5.41, 5.74) is 6.98. The normalized spacial score (nSPS) is 11.1. The average Bonchev–Trinajstić information content (AvgIpc) is 2.27. The van der Waals surface area contributed by atoms with Crippen molar-refractivity contribution in [2.45, 2.75) is 13.3 Å². The Morgan fingerprint density at radius 3 is 2.67 bits per heavy atom. The Bertz CT molecular complexity index is 344. The van der Waals surface area contributed by atoms with Crippen LogP contribution in [0.15, 0.2) is 36.4 Å². The van der Waals surface area contributed by atoms with Gasteiger partial charge in [0.2, 0.25) is 0 Å². The van der Waals surface area contributed by atoms with Crippen LogP contribution in [0.2, 0.25) is 0 Å². The van der Waals surface area contributed by atoms with Gasteiger partial charge < -0.3 is 10.5 Å². The highest BCUT2D eigenvalue weighted by molar-refractivity contribution is 5.90. The van der Waals surface area contributed by atoms with E-state index >= 15 is 0 Å². The van der Waals surface area contributed by atoms with E-state index in [2.05, 4.69) is 0 Å². The van der Waals surface area contributed by atoms with Gasteiger partial charge in [0, 0.05) is 11.8 Å². The monoisotopic (exact) mass is 205 g/mol. The Kier molecular flexibility index (Phi) is 4.41. The molecular weight excluding hydrogens is 190 g/mol. The Hall–Kier alpha value is -1.77. The summed E-state index contributed by atoms with van der Waals surface area (Å²) in [6, 6.07) is 9.32. The highest BCUT2D eigenvalue weighted by Gasteiger charge is 2.00. The molecule has 2 N–H and O–H groups in total. The highest BCUT2D eigenvalue weighted by Crippen LogP contribution is 2.07. The first kappa shape index (κ1) is 11.3. The van der Waals surface area contributed by atoms with E-state index in [-0.39, 0.29) is 0 Å². The van der Waals surface area contributed by atoms with Gasteiger partial charge >= 0.3 is 5.97 Å². The second-order valence-electron chi connectivity index (χ2n) is 3.13. The molecule has 3 nitrogen and oxygen atoms in total. The van der Waals surface area contributed by atoms with Gasteiger partial charge in [-0.15, -0.1) is 0 Å². The molecule has 80 valence electrons. The third-order valence-electron chi connectivity index (χ3n) is 1.83. The first-order chi connectivity index (χ1) is 7.24. The van der Waals surface area contributed by atoms with Crippen LogP contribution in [0.5, 0.6) is 0 Å². The van der Waals surface area contributed by atoms with E-state index in [1.165, 1.54) is 6.08 Å². The summed E-state index contributed by atoms with van der Waals surface area (Å²) in [6.07, 6.45) is 2.12. The second kappa shape index (κ2) is 5.86. The van der Waals surface area contributed by atoms with Gasteiger partial charge in [0.05, 0.1) is 6.61 Å². The van der Waals surface area contributed by atoms with Crippen LogP contribution in [0.4, 0.5) is 0 Å². The maximum atomic E-state index is 11.2. The maximum absolute atomic E-state index is 11.2. The lowest BCUT2D eigenvalue weighted by Crippen LogP contribution is -2.05. The first-order valence-corrected chi connectivity index (χ1v) is 4.93. The molecule has 0 unspecified atom stereocenters. The predicted octanol–water partition coefficient (Wildman–Crippen LogP) is 1.94. The zero-order valence-corrected chi connectivity index (χ0v) is 8.77. The SMILES string of the molecule is CCCOC(=O)/C=C(\N)c1ccccc1. The van der Waals surface area contributed by atoms with Crippen LogP contribution >= 0.6 is 0 Å². The number of carbonyl (C=O) groups excluding carboxylic acids is 1. The lowest BCUT2D eigenvalue weighted by molar-refractivity contribution is -0.137. The Morgan fingerprint density at radius 2 is 2.07 bits per heavy atom. The van der Waals surface area contributed by atoms with Gasteiger partial charge in [-0.3, -0.25) is 0 Å². The van der Waals surface area contributed by atoms with Crippen LogP contribution in [-0.2, 0) is 9.53 Å². The number of benzene rings is 1. The maximum Gasteiger partial charge on any atom is 0.332 e. The third-order valence-corrected chi connectivity index (χ3v) is 1.83. The number of carbonyl (C=O) groups is 1. The van der Waals surface area contributed by atoms with Crippen LogP contribution < -0.4 is 5.73 Å². The van der Waals surface area contributed by atoms with Gasteiger partial charge in [-0.25, -0.2) is 4.79 Å². The van der Waals surface area contributed by atoms with Crippen LogP contribution in [0.25, 0.3) is 5.70 Å². The van der Waals surface area contributed by atoms with Crippen molar-refractivity contribution < 1.29 is 9.53 Å². The van der Waals surface area contributed by atoms with Gasteiger partial charge in [0.15, 0.2) is 0 Å². The predicted molar refractivity (Wildman–Crippen MR) is 59.9 cm³/mol. The molecule has 0 aliphatic heterocycles. The molecule has 1 aromatic rings. The largest absolute Gasteiger partial charge is 0.462 e. The fourth-order valence-electron chi connectivity index (χ4n) is 1.09. The number of hydrogen-bond donors (Lipinski definition) is 1. The first-order valence-electron chi connectivity index (χ1n) is 4.93. The highest BCUT2D eigenvalue weighted by atomic mass is 16.5. The van der Waals surface area contributed by atoms with Gasteiger partial charge in [0.25, 0.3) is 0 Å². The summed E-state index contributed by atoms with van der Waals surface area (Å²) in [7, 11) is 0. The van der Waals surface area contributed by atoms with E-state index in [4.69, 9.17) is 10.5 Å². The molecular formula is C12H15NO2. The van der Waals surface area contributed by atoms with E-state index in [0.29, 0.717) is 12.3 Å². The van der Waals surface area contributed by atoms with Gasteiger partial charge in [-0.1, -0.05) is 37.3 Å². The van der Waals surface area contributed by atoms with Crippen molar-refractivity contribution in [1.29, 1.82) is 0 Å². The minimum Gasteiger partial charge on any atom is -0.462 e. The Balaban J connectivity index is 2.64. The minimum absolute atomic E-state index is 0.391. The van der Waals surface area contributed by atoms with Crippen molar-refractivity contribution in [2.24, 2.45) is 5.73 Å². The molecule has 0 heterocycles. The topological polar surface area (TPSA) is 52.3 Å². The summed E-state index contributed by atoms with van der Waals surface area (Å²) in [5.74, 6) is -0.391. The van der Waals surface area contributed by atoms with Gasteiger partial charge in [0.1, 0.15) is 0 Å². The summed E-state index contributed by atoms with van der Waals surface area (Å²) in [4.78, 5) is 11.2. The second-order valence-corrected chi connectivity index (χ2v) is 3.13. The standard InChI is InChI=1S/C12H15NO2/c1-2-8-15-12(14)9-11(13)10-6-4-3-5-7-10/h3-7,9H,2,8,13H2,1H3/b11-9-. The summed E-state index contributed by atoms with van der Waals surface area (Å²) >= 11 is 0. The van der Waals surface area contributed by atoms with Crippen LogP contribution in [0.3, 0.4) is 0 Å². The quantitative estimate of drug-likeness (QED) is 0.603. The number of nitrogens with two attached hydrogens (primary N) is 1. The van der Waals surface area contributed by atoms with Crippen LogP contribution in [0.1, 0.15) is 18.9 Å². The zero-order valence-electron chi connectivity index (χ0n) is 8.77. The molecule has 0 atom stereocenters. The van der Waals surface area contributed by atoms with Crippen molar-refractivity contribution >= 4 is 11.7 Å². The molecule has 0 saturated carbocycles. The van der Waals surface area contributed by atoms with Crippen molar-refractivity contribution in [3.8, 4) is 0 Å². The minimum atomic E-state index is -0.391. The lowest BCUT2D eigenvalue weighted by Gasteiger charge is -2.02. The molecule has 0 fully saturated rings. The fraction of sp³-hybridized carbons (Fsp3) is 0.250. The molecule has 0 spiro atoms. The molecule has 3 heteroatoms. The molecule has 0 amide bonds. The molecule has 0 bridgehead atoms. The van der Waals surface area contributed by atoms with E-state index < -0.39 is 5.97 Å². The molecule has 0 aliphatic rings. The zero-order chi connectivity index (χ0) is 11.1. The fourth-order valence-corrected chi connectivity index (χ4v) is 1.09. The van der Waals surface area contributed by atoms with E-state index in [9.17, 15) is 4.79 Å². The third kappa shape index (κ3) is 3.85. The molecule has 15 heavy (non-hydrogen) atoms. The molecule has 1 rings (SSSR count). The number of rotatable bonds is 4. The van der Waals surface area contributed by atoms with Crippen molar-refractivity contribution in [2.75, 3.05) is 6.61 Å². The lowest BCUT2D eigenvalue weighted by atomic mass is 10.1. The number of ether oxygens (including phenoxy) is 1. The van der Waals surface area contributed by atoms with Crippen molar-refractivity contribution in [1.82, 2.24) is 0 Å². The Labute approximate surface area is 89.5 Å². The number of hydrogen-bond acceptors (Lipinski definition) is 3. The summed E-state index contributed by atoms with van der Waals surface area (Å²) in [5, 5.41) is 0. The summed E-state index contributed by atoms with van der Waals surface area (Å²) < 4.78 is 4.89. The summed E-state index contributed by atoms with van der Waals surface area (Å²) in [6.45, 7) is 2.37. The molecule has 1 aromatic carbocycles. The molecule has 0 radical (unpaired) electrons. The van der Waals surface area contributed by atoms with E-state index in [0.717, 1.165) is 12.0 Å². The molecule has 0 saturated heterocycles. The van der Waals surface area contributed by atoms with Gasteiger partial charge in [-0.05, 0) is 12.0 Å². The van der Waals surface area contributed by atoms with E-state index in [1.807, 2.05) is 37.3 Å². The van der Waals surface area contributed by atoms with Crippen molar-refractivity contribution in [3.63, 3.8) is 0 Å². The smallest absolute Gasteiger partial charge is 0.332 e.